The molecule has 0 bridgehead atoms. The van der Waals surface area contributed by atoms with Crippen LogP contribution in [0.3, 0.4) is 0 Å². The van der Waals surface area contributed by atoms with E-state index >= 15 is 0 Å². The van der Waals surface area contributed by atoms with Gasteiger partial charge in [0, 0.05) is 33.0 Å². The molecule has 1 aromatic carbocycles. The number of benzene rings is 1. The van der Waals surface area contributed by atoms with Crippen LogP contribution in [0, 0.1) is 0 Å². The molecule has 0 radical (unpaired) electrons. The fraction of sp³-hybridized carbons (Fsp3) is 0.571. The van der Waals surface area contributed by atoms with Crippen molar-refractivity contribution < 1.29 is 23.4 Å². The maximum Gasteiger partial charge on any atom is 0.231 e. The maximum absolute atomic E-state index is 12.4. The molecule has 1 fully saturated rings. The van der Waals surface area contributed by atoms with Gasteiger partial charge in [0.05, 0.1) is 12.5 Å². The van der Waals surface area contributed by atoms with Gasteiger partial charge in [0.2, 0.25) is 24.5 Å². The topological polar surface area (TPSA) is 86.9 Å². The number of fused-ring (bicyclic) bond motifs is 1. The molecule has 4 rings (SSSR count). The number of carbonyl (C=O) groups excluding carboxylic acids is 1. The Balaban J connectivity index is 1.22. The number of nitrogens with zero attached hydrogens (tertiary/aromatic N) is 3. The van der Waals surface area contributed by atoms with Crippen molar-refractivity contribution in [2.75, 3.05) is 27.0 Å². The minimum absolute atomic E-state index is 0.0799. The number of aromatic nitrogens is 2. The normalized spacial score (nSPS) is 18.0. The van der Waals surface area contributed by atoms with E-state index in [1.165, 1.54) is 6.42 Å². The second-order valence-electron chi connectivity index (χ2n) is 7.55. The van der Waals surface area contributed by atoms with Crippen molar-refractivity contribution in [3.05, 3.63) is 35.5 Å². The van der Waals surface area contributed by atoms with Gasteiger partial charge in [-0.05, 0) is 43.4 Å². The van der Waals surface area contributed by atoms with Gasteiger partial charge in [-0.15, -0.1) is 10.2 Å². The zero-order valence-electron chi connectivity index (χ0n) is 16.8. The number of carbonyl (C=O) groups is 1. The Labute approximate surface area is 170 Å². The van der Waals surface area contributed by atoms with Crippen LogP contribution in [0.2, 0.25) is 0 Å². The standard InChI is InChI=1S/C21H27N3O5/c1-24(10-9-16-4-2-3-11-26-16)21(25)8-7-19-22-23-20(29-19)13-15-5-6-17-18(12-15)28-14-27-17/h5-6,12,16H,2-4,7-11,13-14H2,1H3. The smallest absolute Gasteiger partial charge is 0.231 e. The Morgan fingerprint density at radius 2 is 2.03 bits per heavy atom. The Hall–Kier alpha value is -2.61. The van der Waals surface area contributed by atoms with E-state index in [2.05, 4.69) is 10.2 Å². The zero-order valence-corrected chi connectivity index (χ0v) is 16.8. The SMILES string of the molecule is CN(CCC1CCCCO1)C(=O)CCc1nnc(Cc2ccc3c(c2)OCO3)o1. The molecule has 2 aromatic rings. The van der Waals surface area contributed by atoms with E-state index in [9.17, 15) is 4.79 Å². The molecule has 0 aliphatic carbocycles. The lowest BCUT2D eigenvalue weighted by Gasteiger charge is -2.25. The molecule has 0 N–H and O–H groups in total. The van der Waals surface area contributed by atoms with Crippen molar-refractivity contribution in [3.63, 3.8) is 0 Å². The van der Waals surface area contributed by atoms with Gasteiger partial charge in [-0.3, -0.25) is 4.79 Å². The van der Waals surface area contributed by atoms with Crippen molar-refractivity contribution in [2.45, 2.75) is 51.0 Å². The molecule has 2 aliphatic rings. The quantitative estimate of drug-likeness (QED) is 0.672. The average Bonchev–Trinajstić information content (AvgIpc) is 3.40. The summed E-state index contributed by atoms with van der Waals surface area (Å²) in [5.41, 5.74) is 1.00. The Morgan fingerprint density at radius 1 is 1.17 bits per heavy atom. The first-order valence-electron chi connectivity index (χ1n) is 10.2. The van der Waals surface area contributed by atoms with Crippen LogP contribution in [0.4, 0.5) is 0 Å². The van der Waals surface area contributed by atoms with Gasteiger partial charge in [-0.1, -0.05) is 6.07 Å². The zero-order chi connectivity index (χ0) is 20.1. The van der Waals surface area contributed by atoms with Crippen molar-refractivity contribution in [3.8, 4) is 11.5 Å². The number of ether oxygens (including phenoxy) is 3. The predicted octanol–water partition coefficient (Wildman–Crippen LogP) is 2.74. The van der Waals surface area contributed by atoms with Gasteiger partial charge < -0.3 is 23.5 Å². The summed E-state index contributed by atoms with van der Waals surface area (Å²) in [7, 11) is 1.84. The molecule has 1 aromatic heterocycles. The highest BCUT2D eigenvalue weighted by molar-refractivity contribution is 5.75. The van der Waals surface area contributed by atoms with Gasteiger partial charge in [0.1, 0.15) is 0 Å². The highest BCUT2D eigenvalue weighted by Gasteiger charge is 2.18. The van der Waals surface area contributed by atoms with E-state index in [-0.39, 0.29) is 18.8 Å². The van der Waals surface area contributed by atoms with E-state index in [1.807, 2.05) is 25.2 Å². The molecule has 1 amide bonds. The van der Waals surface area contributed by atoms with Crippen molar-refractivity contribution in [2.24, 2.45) is 0 Å². The van der Waals surface area contributed by atoms with E-state index in [1.54, 1.807) is 4.90 Å². The summed E-state index contributed by atoms with van der Waals surface area (Å²) in [6.45, 7) is 1.80. The number of rotatable bonds is 8. The third-order valence-corrected chi connectivity index (χ3v) is 5.34. The van der Waals surface area contributed by atoms with E-state index in [4.69, 9.17) is 18.6 Å². The maximum atomic E-state index is 12.4. The molecule has 8 nitrogen and oxygen atoms in total. The van der Waals surface area contributed by atoms with Crippen molar-refractivity contribution in [1.29, 1.82) is 0 Å². The van der Waals surface area contributed by atoms with Crippen LogP contribution in [0.1, 0.15) is 49.4 Å². The molecule has 156 valence electrons. The summed E-state index contributed by atoms with van der Waals surface area (Å²) >= 11 is 0. The molecule has 0 saturated carbocycles. The van der Waals surface area contributed by atoms with Crippen LogP contribution in [0.25, 0.3) is 0 Å². The highest BCUT2D eigenvalue weighted by atomic mass is 16.7. The predicted molar refractivity (Wildman–Crippen MR) is 104 cm³/mol. The second-order valence-corrected chi connectivity index (χ2v) is 7.55. The molecule has 1 atom stereocenters. The lowest BCUT2D eigenvalue weighted by atomic mass is 10.1. The molecule has 8 heteroatoms. The Morgan fingerprint density at radius 3 is 2.90 bits per heavy atom. The van der Waals surface area contributed by atoms with Crippen molar-refractivity contribution >= 4 is 5.91 Å². The number of aryl methyl sites for hydroxylation is 1. The summed E-state index contributed by atoms with van der Waals surface area (Å²) in [5, 5.41) is 8.17. The number of hydrogen-bond acceptors (Lipinski definition) is 7. The fourth-order valence-electron chi connectivity index (χ4n) is 3.59. The number of hydrogen-bond donors (Lipinski definition) is 0. The third kappa shape index (κ3) is 5.26. The van der Waals surface area contributed by atoms with Gasteiger partial charge >= 0.3 is 0 Å². The molecule has 1 unspecified atom stereocenters. The van der Waals surface area contributed by atoms with Crippen LogP contribution in [0.5, 0.6) is 11.5 Å². The molecule has 0 spiro atoms. The summed E-state index contributed by atoms with van der Waals surface area (Å²) in [4.78, 5) is 14.1. The van der Waals surface area contributed by atoms with Crippen LogP contribution in [0.15, 0.2) is 22.6 Å². The Bertz CT molecular complexity index is 831. The first-order valence-corrected chi connectivity index (χ1v) is 10.2. The summed E-state index contributed by atoms with van der Waals surface area (Å²) in [6.07, 6.45) is 5.94. The minimum atomic E-state index is 0.0799. The molecular weight excluding hydrogens is 374 g/mol. The van der Waals surface area contributed by atoms with Crippen LogP contribution < -0.4 is 9.47 Å². The molecule has 2 aliphatic heterocycles. The third-order valence-electron chi connectivity index (χ3n) is 5.34. The largest absolute Gasteiger partial charge is 0.454 e. The lowest BCUT2D eigenvalue weighted by molar-refractivity contribution is -0.130. The summed E-state index contributed by atoms with van der Waals surface area (Å²) in [5.74, 6) is 2.57. The van der Waals surface area contributed by atoms with E-state index < -0.39 is 0 Å². The number of amides is 1. The second kappa shape index (κ2) is 9.26. The van der Waals surface area contributed by atoms with Crippen molar-refractivity contribution in [1.82, 2.24) is 15.1 Å². The monoisotopic (exact) mass is 401 g/mol. The minimum Gasteiger partial charge on any atom is -0.454 e. The van der Waals surface area contributed by atoms with Crippen LogP contribution >= 0.6 is 0 Å². The van der Waals surface area contributed by atoms with Crippen LogP contribution in [-0.2, 0) is 22.4 Å². The molecular formula is C21H27N3O5. The first-order chi connectivity index (χ1) is 14.2. The summed E-state index contributed by atoms with van der Waals surface area (Å²) in [6, 6.07) is 5.74. The summed E-state index contributed by atoms with van der Waals surface area (Å²) < 4.78 is 22.1. The highest BCUT2D eigenvalue weighted by Crippen LogP contribution is 2.33. The molecule has 29 heavy (non-hydrogen) atoms. The van der Waals surface area contributed by atoms with E-state index in [0.29, 0.717) is 37.6 Å². The van der Waals surface area contributed by atoms with Gasteiger partial charge in [-0.25, -0.2) is 0 Å². The first kappa shape index (κ1) is 19.7. The van der Waals surface area contributed by atoms with Gasteiger partial charge in [0.15, 0.2) is 11.5 Å². The van der Waals surface area contributed by atoms with Crippen LogP contribution in [-0.4, -0.2) is 54.1 Å². The molecule has 1 saturated heterocycles. The average molecular weight is 401 g/mol. The molecule has 3 heterocycles. The van der Waals surface area contributed by atoms with Gasteiger partial charge in [-0.2, -0.15) is 0 Å². The lowest BCUT2D eigenvalue weighted by Crippen LogP contribution is -2.31. The Kier molecular flexibility index (Phi) is 6.29. The van der Waals surface area contributed by atoms with Gasteiger partial charge in [0.25, 0.3) is 0 Å². The van der Waals surface area contributed by atoms with E-state index in [0.717, 1.165) is 42.9 Å². The fourth-order valence-corrected chi connectivity index (χ4v) is 3.59.